The van der Waals surface area contributed by atoms with Gasteiger partial charge in [-0.25, -0.2) is 0 Å². The van der Waals surface area contributed by atoms with E-state index in [0.717, 1.165) is 17.0 Å². The minimum Gasteiger partial charge on any atom is -0.489 e. The summed E-state index contributed by atoms with van der Waals surface area (Å²) in [5, 5.41) is 14.0. The number of rotatable bonds is 8. The molecule has 0 aliphatic heterocycles. The van der Waals surface area contributed by atoms with Crippen LogP contribution in [0.15, 0.2) is 73.4 Å². The highest BCUT2D eigenvalue weighted by molar-refractivity contribution is 5.57. The second-order valence-electron chi connectivity index (χ2n) is 5.26. The normalized spacial score (nSPS) is 10.1. The molecule has 0 bridgehead atoms. The topological polar surface area (TPSA) is 72.0 Å². The molecular weight excluding hydrogens is 314 g/mol. The zero-order chi connectivity index (χ0) is 17.3. The molecular formula is C19H19N5O. The number of nitrogens with zero attached hydrogens (tertiary/aromatic N) is 3. The number of nitrogens with one attached hydrogen (secondary N) is 2. The molecule has 25 heavy (non-hydrogen) atoms. The first-order valence-corrected chi connectivity index (χ1v) is 7.92. The van der Waals surface area contributed by atoms with Gasteiger partial charge in [0.2, 0.25) is 5.95 Å². The predicted octanol–water partition coefficient (Wildman–Crippen LogP) is 3.79. The molecule has 0 saturated heterocycles. The molecule has 126 valence electrons. The zero-order valence-electron chi connectivity index (χ0n) is 13.7. The highest BCUT2D eigenvalue weighted by Gasteiger charge is 2.01. The first-order chi connectivity index (χ1) is 12.3. The molecule has 0 radical (unpaired) electrons. The van der Waals surface area contributed by atoms with Crippen molar-refractivity contribution in [3.05, 3.63) is 79.0 Å². The fourth-order valence-electron chi connectivity index (χ4n) is 2.13. The van der Waals surface area contributed by atoms with E-state index >= 15 is 0 Å². The molecule has 3 aromatic rings. The molecule has 0 spiro atoms. The van der Waals surface area contributed by atoms with Crippen molar-refractivity contribution < 1.29 is 4.74 Å². The summed E-state index contributed by atoms with van der Waals surface area (Å²) in [4.78, 5) is 4.33. The van der Waals surface area contributed by atoms with Crippen LogP contribution in [-0.4, -0.2) is 21.7 Å². The van der Waals surface area contributed by atoms with Crippen LogP contribution in [0.4, 0.5) is 17.5 Å². The van der Waals surface area contributed by atoms with E-state index in [1.165, 1.54) is 0 Å². The van der Waals surface area contributed by atoms with Crippen molar-refractivity contribution in [2.24, 2.45) is 0 Å². The molecule has 1 aromatic heterocycles. The van der Waals surface area contributed by atoms with Gasteiger partial charge in [0.25, 0.3) is 0 Å². The second-order valence-corrected chi connectivity index (χ2v) is 5.26. The van der Waals surface area contributed by atoms with Gasteiger partial charge in [0.1, 0.15) is 12.4 Å². The van der Waals surface area contributed by atoms with Crippen LogP contribution in [0.1, 0.15) is 5.56 Å². The Hall–Kier alpha value is -3.41. The van der Waals surface area contributed by atoms with Gasteiger partial charge in [0.15, 0.2) is 5.82 Å². The third-order valence-corrected chi connectivity index (χ3v) is 3.34. The van der Waals surface area contributed by atoms with Gasteiger partial charge in [0.05, 0.1) is 6.20 Å². The molecule has 2 aromatic carbocycles. The van der Waals surface area contributed by atoms with Crippen molar-refractivity contribution in [2.75, 3.05) is 17.2 Å². The summed E-state index contributed by atoms with van der Waals surface area (Å²) in [7, 11) is 0. The molecule has 0 aliphatic rings. The number of anilines is 3. The van der Waals surface area contributed by atoms with Crippen LogP contribution in [0.2, 0.25) is 0 Å². The highest BCUT2D eigenvalue weighted by atomic mass is 16.5. The first kappa shape index (κ1) is 16.4. The average molecular weight is 333 g/mol. The number of benzene rings is 2. The Morgan fingerprint density at radius 3 is 2.60 bits per heavy atom. The standard InChI is InChI=1S/C19H19N5O/c1-2-12-20-19-23-18(13-21-24-19)22-16-8-10-17(11-9-16)25-14-15-6-4-3-5-7-15/h2-11,13H,1,12,14H2,(H2,20,22,23,24). The zero-order valence-corrected chi connectivity index (χ0v) is 13.7. The fraction of sp³-hybridized carbons (Fsp3) is 0.105. The third kappa shape index (κ3) is 5.04. The Labute approximate surface area is 146 Å². The van der Waals surface area contributed by atoms with Crippen LogP contribution in [0, 0.1) is 0 Å². The summed E-state index contributed by atoms with van der Waals surface area (Å²) in [5.74, 6) is 1.87. The average Bonchev–Trinajstić information content (AvgIpc) is 2.67. The second kappa shape index (κ2) is 8.44. The molecule has 6 nitrogen and oxygen atoms in total. The number of hydrogen-bond donors (Lipinski definition) is 2. The Bertz CT molecular complexity index is 806. The van der Waals surface area contributed by atoms with Crippen LogP contribution >= 0.6 is 0 Å². The largest absolute Gasteiger partial charge is 0.489 e. The number of aromatic nitrogens is 3. The summed E-state index contributed by atoms with van der Waals surface area (Å²) in [6, 6.07) is 17.8. The molecule has 0 atom stereocenters. The molecule has 1 heterocycles. The summed E-state index contributed by atoms with van der Waals surface area (Å²) in [6.07, 6.45) is 3.30. The lowest BCUT2D eigenvalue weighted by Crippen LogP contribution is -2.05. The SMILES string of the molecule is C=CCNc1nncc(Nc2ccc(OCc3ccccc3)cc2)n1. The predicted molar refractivity (Wildman–Crippen MR) is 99.0 cm³/mol. The van der Waals surface area contributed by atoms with Gasteiger partial charge in [-0.15, -0.1) is 11.7 Å². The Morgan fingerprint density at radius 1 is 1.04 bits per heavy atom. The van der Waals surface area contributed by atoms with Crippen LogP contribution in [0.5, 0.6) is 5.75 Å². The quantitative estimate of drug-likeness (QED) is 0.611. The molecule has 0 fully saturated rings. The molecule has 0 saturated carbocycles. The maximum atomic E-state index is 5.78. The summed E-state index contributed by atoms with van der Waals surface area (Å²) in [6.45, 7) is 4.77. The van der Waals surface area contributed by atoms with E-state index in [1.807, 2.05) is 54.6 Å². The van der Waals surface area contributed by atoms with Crippen molar-refractivity contribution in [2.45, 2.75) is 6.61 Å². The monoisotopic (exact) mass is 333 g/mol. The van der Waals surface area contributed by atoms with Crippen molar-refractivity contribution in [1.29, 1.82) is 0 Å². The maximum Gasteiger partial charge on any atom is 0.244 e. The van der Waals surface area contributed by atoms with Gasteiger partial charge in [-0.05, 0) is 29.8 Å². The van der Waals surface area contributed by atoms with E-state index in [1.54, 1.807) is 12.3 Å². The Morgan fingerprint density at radius 2 is 1.84 bits per heavy atom. The molecule has 0 unspecified atom stereocenters. The van der Waals surface area contributed by atoms with Crippen LogP contribution in [-0.2, 0) is 6.61 Å². The number of ether oxygens (including phenoxy) is 1. The maximum absolute atomic E-state index is 5.78. The van der Waals surface area contributed by atoms with Gasteiger partial charge >= 0.3 is 0 Å². The van der Waals surface area contributed by atoms with E-state index in [-0.39, 0.29) is 0 Å². The van der Waals surface area contributed by atoms with Crippen molar-refractivity contribution >= 4 is 17.5 Å². The Kier molecular flexibility index (Phi) is 5.56. The number of hydrogen-bond acceptors (Lipinski definition) is 6. The minimum absolute atomic E-state index is 0.452. The van der Waals surface area contributed by atoms with Crippen molar-refractivity contribution in [3.8, 4) is 5.75 Å². The molecule has 0 aliphatic carbocycles. The minimum atomic E-state index is 0.452. The summed E-state index contributed by atoms with van der Waals surface area (Å²) < 4.78 is 5.78. The smallest absolute Gasteiger partial charge is 0.244 e. The van der Waals surface area contributed by atoms with Crippen LogP contribution < -0.4 is 15.4 Å². The molecule has 0 amide bonds. The van der Waals surface area contributed by atoms with Gasteiger partial charge in [-0.1, -0.05) is 36.4 Å². The van der Waals surface area contributed by atoms with Gasteiger partial charge in [-0.2, -0.15) is 10.1 Å². The Balaban J connectivity index is 1.58. The van der Waals surface area contributed by atoms with Crippen molar-refractivity contribution in [3.63, 3.8) is 0 Å². The highest BCUT2D eigenvalue weighted by Crippen LogP contribution is 2.19. The van der Waals surface area contributed by atoms with Gasteiger partial charge < -0.3 is 15.4 Å². The van der Waals surface area contributed by atoms with Gasteiger partial charge in [0, 0.05) is 12.2 Å². The third-order valence-electron chi connectivity index (χ3n) is 3.34. The van der Waals surface area contributed by atoms with Crippen LogP contribution in [0.25, 0.3) is 0 Å². The van der Waals surface area contributed by atoms with E-state index in [0.29, 0.717) is 24.9 Å². The fourth-order valence-corrected chi connectivity index (χ4v) is 2.13. The van der Waals surface area contributed by atoms with Crippen molar-refractivity contribution in [1.82, 2.24) is 15.2 Å². The van der Waals surface area contributed by atoms with E-state index < -0.39 is 0 Å². The summed E-state index contributed by atoms with van der Waals surface area (Å²) >= 11 is 0. The first-order valence-electron chi connectivity index (χ1n) is 7.92. The van der Waals surface area contributed by atoms with E-state index in [2.05, 4.69) is 32.4 Å². The molecule has 2 N–H and O–H groups in total. The van der Waals surface area contributed by atoms with E-state index in [4.69, 9.17) is 4.74 Å². The lowest BCUT2D eigenvalue weighted by Gasteiger charge is -2.09. The van der Waals surface area contributed by atoms with Crippen LogP contribution in [0.3, 0.4) is 0 Å². The van der Waals surface area contributed by atoms with Gasteiger partial charge in [-0.3, -0.25) is 0 Å². The lowest BCUT2D eigenvalue weighted by molar-refractivity contribution is 0.306. The van der Waals surface area contributed by atoms with E-state index in [9.17, 15) is 0 Å². The summed E-state index contributed by atoms with van der Waals surface area (Å²) in [5.41, 5.74) is 2.03. The lowest BCUT2D eigenvalue weighted by atomic mass is 10.2. The molecule has 6 heteroatoms. The molecule has 3 rings (SSSR count).